The number of hydrogen-bond donors (Lipinski definition) is 1. The van der Waals surface area contributed by atoms with Gasteiger partial charge in [-0.05, 0) is 68.4 Å². The first-order valence-corrected chi connectivity index (χ1v) is 10.7. The maximum atomic E-state index is 12.9. The largest absolute Gasteiger partial charge is 0.385 e. The van der Waals surface area contributed by atoms with Gasteiger partial charge in [-0.1, -0.05) is 12.1 Å². The summed E-state index contributed by atoms with van der Waals surface area (Å²) < 4.78 is 12.9. The molecule has 0 aromatic heterocycles. The molecule has 3 aliphatic rings. The molecule has 114 valence electrons. The lowest BCUT2D eigenvalue weighted by Gasteiger charge is -2.16. The van der Waals surface area contributed by atoms with Gasteiger partial charge < -0.3 is 9.88 Å². The van der Waals surface area contributed by atoms with Crippen LogP contribution in [0.25, 0.3) is 0 Å². The summed E-state index contributed by atoms with van der Waals surface area (Å²) in [6.07, 6.45) is 11.3. The summed E-state index contributed by atoms with van der Waals surface area (Å²) in [5.74, 6) is 0.846. The Morgan fingerprint density at radius 1 is 1.19 bits per heavy atom. The van der Waals surface area contributed by atoms with E-state index in [1.165, 1.54) is 37.8 Å². The molecule has 2 saturated carbocycles. The van der Waals surface area contributed by atoms with Gasteiger partial charge in [0.15, 0.2) is 0 Å². The Morgan fingerprint density at radius 2 is 2.00 bits per heavy atom. The normalized spacial score (nSPS) is 28.9. The maximum absolute atomic E-state index is 12.9. The van der Waals surface area contributed by atoms with E-state index in [9.17, 15) is 4.57 Å². The van der Waals surface area contributed by atoms with Crippen LogP contribution in [0.1, 0.15) is 44.9 Å². The van der Waals surface area contributed by atoms with Crippen molar-refractivity contribution < 1.29 is 4.57 Å². The van der Waals surface area contributed by atoms with E-state index in [1.54, 1.807) is 0 Å². The number of nitrogens with one attached hydrogen (secondary N) is 1. The van der Waals surface area contributed by atoms with E-state index in [0.29, 0.717) is 0 Å². The summed E-state index contributed by atoms with van der Waals surface area (Å²) in [7, 11) is -2.05. The van der Waals surface area contributed by atoms with Crippen molar-refractivity contribution >= 4 is 18.1 Å². The van der Waals surface area contributed by atoms with Crippen molar-refractivity contribution in [3.63, 3.8) is 0 Å². The van der Waals surface area contributed by atoms with Crippen LogP contribution < -0.4 is 10.6 Å². The number of benzene rings is 1. The molecule has 2 nitrogen and oxygen atoms in total. The zero-order valence-electron chi connectivity index (χ0n) is 12.8. The van der Waals surface area contributed by atoms with Crippen LogP contribution in [0.3, 0.4) is 0 Å². The molecule has 1 heterocycles. The van der Waals surface area contributed by atoms with Crippen molar-refractivity contribution in [3.05, 3.63) is 24.3 Å². The van der Waals surface area contributed by atoms with Gasteiger partial charge in [-0.15, -0.1) is 0 Å². The third kappa shape index (κ3) is 2.80. The van der Waals surface area contributed by atoms with Gasteiger partial charge in [0, 0.05) is 29.9 Å². The standard InChI is InChI=1S/C18H26NOP/c20-21(10-1-2-11-21)17-5-3-4-16(12-17)19-14-15-6-7-18(13-15)8-9-18/h3-5,12,15,19H,1-2,6-11,13-14H2. The summed E-state index contributed by atoms with van der Waals surface area (Å²) in [6, 6.07) is 8.44. The Labute approximate surface area is 128 Å². The molecule has 0 amide bonds. The van der Waals surface area contributed by atoms with Gasteiger partial charge in [-0.3, -0.25) is 0 Å². The average Bonchev–Trinajstić information content (AvgIpc) is 2.92. The first-order valence-electron chi connectivity index (χ1n) is 8.60. The molecular weight excluding hydrogens is 277 g/mol. The molecule has 1 N–H and O–H groups in total. The SMILES string of the molecule is O=P1(c2cccc(NCC3CCC4(CC4)C3)c2)CCCC1. The Bertz CT molecular complexity index is 568. The molecular formula is C18H26NOP. The van der Waals surface area contributed by atoms with E-state index in [1.807, 2.05) is 0 Å². The highest BCUT2D eigenvalue weighted by Gasteiger charge is 2.47. The van der Waals surface area contributed by atoms with E-state index in [2.05, 4.69) is 29.6 Å². The molecule has 0 bridgehead atoms. The fourth-order valence-electron chi connectivity index (χ4n) is 4.37. The van der Waals surface area contributed by atoms with Crippen LogP contribution in [-0.2, 0) is 4.57 Å². The topological polar surface area (TPSA) is 29.1 Å². The molecule has 1 atom stereocenters. The second-order valence-corrected chi connectivity index (χ2v) is 10.8. The number of hydrogen-bond acceptors (Lipinski definition) is 2. The molecule has 1 unspecified atom stereocenters. The quantitative estimate of drug-likeness (QED) is 0.832. The summed E-state index contributed by atoms with van der Waals surface area (Å²) in [4.78, 5) is 0. The number of anilines is 1. The molecule has 2 aliphatic carbocycles. The lowest BCUT2D eigenvalue weighted by atomic mass is 10.0. The second kappa shape index (κ2) is 5.16. The predicted octanol–water partition coefficient (Wildman–Crippen LogP) is 4.46. The minimum Gasteiger partial charge on any atom is -0.385 e. The third-order valence-electron chi connectivity index (χ3n) is 5.96. The fraction of sp³-hybridized carbons (Fsp3) is 0.667. The van der Waals surface area contributed by atoms with E-state index in [-0.39, 0.29) is 0 Å². The highest BCUT2D eigenvalue weighted by Crippen LogP contribution is 2.59. The van der Waals surface area contributed by atoms with Crippen molar-refractivity contribution in [1.82, 2.24) is 0 Å². The van der Waals surface area contributed by atoms with Crippen LogP contribution in [0, 0.1) is 11.3 Å². The molecule has 21 heavy (non-hydrogen) atoms. The molecule has 0 radical (unpaired) electrons. The smallest absolute Gasteiger partial charge is 0.115 e. The van der Waals surface area contributed by atoms with Gasteiger partial charge in [0.1, 0.15) is 7.14 Å². The summed E-state index contributed by atoms with van der Waals surface area (Å²) in [5, 5.41) is 4.72. The van der Waals surface area contributed by atoms with Gasteiger partial charge >= 0.3 is 0 Å². The third-order valence-corrected chi connectivity index (χ3v) is 9.26. The van der Waals surface area contributed by atoms with Crippen LogP contribution in [0.4, 0.5) is 5.69 Å². The Morgan fingerprint density at radius 3 is 2.71 bits per heavy atom. The van der Waals surface area contributed by atoms with E-state index >= 15 is 0 Å². The van der Waals surface area contributed by atoms with Crippen LogP contribution in [0.5, 0.6) is 0 Å². The van der Waals surface area contributed by atoms with Gasteiger partial charge in [-0.25, -0.2) is 0 Å². The van der Waals surface area contributed by atoms with Crippen molar-refractivity contribution in [3.8, 4) is 0 Å². The van der Waals surface area contributed by atoms with Crippen LogP contribution in [0.15, 0.2) is 24.3 Å². The van der Waals surface area contributed by atoms with Gasteiger partial charge in [0.05, 0.1) is 0 Å². The average molecular weight is 303 g/mol. The lowest BCUT2D eigenvalue weighted by molar-refractivity contribution is 0.491. The summed E-state index contributed by atoms with van der Waals surface area (Å²) >= 11 is 0. The molecule has 3 heteroatoms. The molecule has 1 aromatic carbocycles. The van der Waals surface area contributed by atoms with Crippen LogP contribution in [-0.4, -0.2) is 18.9 Å². The van der Waals surface area contributed by atoms with Crippen molar-refractivity contribution in [2.24, 2.45) is 11.3 Å². The van der Waals surface area contributed by atoms with Gasteiger partial charge in [-0.2, -0.15) is 0 Å². The maximum Gasteiger partial charge on any atom is 0.115 e. The molecule has 1 spiro atoms. The molecule has 1 aromatic rings. The predicted molar refractivity (Wildman–Crippen MR) is 90.1 cm³/mol. The zero-order valence-corrected chi connectivity index (χ0v) is 13.7. The van der Waals surface area contributed by atoms with Crippen molar-refractivity contribution in [2.45, 2.75) is 44.9 Å². The van der Waals surface area contributed by atoms with Crippen molar-refractivity contribution in [2.75, 3.05) is 24.2 Å². The minimum absolute atomic E-state index is 0.767. The molecule has 3 fully saturated rings. The summed E-state index contributed by atoms with van der Waals surface area (Å²) in [6.45, 7) is 1.09. The minimum atomic E-state index is -2.05. The first kappa shape index (κ1) is 13.9. The zero-order chi connectivity index (χ0) is 14.3. The monoisotopic (exact) mass is 303 g/mol. The van der Waals surface area contributed by atoms with E-state index in [4.69, 9.17) is 0 Å². The Hall–Kier alpha value is -0.750. The fourth-order valence-corrected chi connectivity index (χ4v) is 7.31. The molecule has 1 aliphatic heterocycles. The summed E-state index contributed by atoms with van der Waals surface area (Å²) in [5.41, 5.74) is 1.94. The van der Waals surface area contributed by atoms with E-state index in [0.717, 1.165) is 48.3 Å². The van der Waals surface area contributed by atoms with Crippen molar-refractivity contribution in [1.29, 1.82) is 0 Å². The van der Waals surface area contributed by atoms with Crippen LogP contribution in [0.2, 0.25) is 0 Å². The van der Waals surface area contributed by atoms with Gasteiger partial charge in [0.25, 0.3) is 0 Å². The lowest BCUT2D eigenvalue weighted by Crippen LogP contribution is -2.14. The van der Waals surface area contributed by atoms with Crippen LogP contribution >= 0.6 is 7.14 Å². The van der Waals surface area contributed by atoms with Gasteiger partial charge in [0.2, 0.25) is 0 Å². The van der Waals surface area contributed by atoms with E-state index < -0.39 is 7.14 Å². The molecule has 1 saturated heterocycles. The first-order chi connectivity index (χ1) is 10.2. The molecule has 4 rings (SSSR count). The second-order valence-electron chi connectivity index (χ2n) is 7.58. The number of rotatable bonds is 4. The highest BCUT2D eigenvalue weighted by molar-refractivity contribution is 7.71. The Balaban J connectivity index is 1.40. The Kier molecular flexibility index (Phi) is 3.41. The highest BCUT2D eigenvalue weighted by atomic mass is 31.2.